The molecular weight excluding hydrogens is 212 g/mol. The average Bonchev–Trinajstić information content (AvgIpc) is 2.27. The average molecular weight is 234 g/mol. The third kappa shape index (κ3) is 3.66. The van der Waals surface area contributed by atoms with Crippen LogP contribution in [0.4, 0.5) is 5.95 Å². The molecule has 0 spiro atoms. The molecule has 0 unspecified atom stereocenters. The minimum atomic E-state index is 0.420. The predicted octanol–water partition coefficient (Wildman–Crippen LogP) is 2.02. The lowest BCUT2D eigenvalue weighted by atomic mass is 9.86. The maximum atomic E-state index is 5.90. The Morgan fingerprint density at radius 3 is 2.35 bits per heavy atom. The van der Waals surface area contributed by atoms with Crippen molar-refractivity contribution in [3.8, 4) is 0 Å². The number of nitrogens with zero attached hydrogens (tertiary/aromatic N) is 2. The van der Waals surface area contributed by atoms with E-state index < -0.39 is 0 Å². The van der Waals surface area contributed by atoms with Crippen LogP contribution in [-0.2, 0) is 0 Å². The summed E-state index contributed by atoms with van der Waals surface area (Å²) in [6.45, 7) is 4.97. The van der Waals surface area contributed by atoms with E-state index in [1.165, 1.54) is 12.8 Å². The van der Waals surface area contributed by atoms with E-state index in [9.17, 15) is 0 Å². The Morgan fingerprint density at radius 1 is 1.18 bits per heavy atom. The van der Waals surface area contributed by atoms with Crippen molar-refractivity contribution in [3.63, 3.8) is 0 Å². The van der Waals surface area contributed by atoms with Gasteiger partial charge in [-0.1, -0.05) is 0 Å². The van der Waals surface area contributed by atoms with Gasteiger partial charge in [0.15, 0.2) is 0 Å². The summed E-state index contributed by atoms with van der Waals surface area (Å²) < 4.78 is 0. The van der Waals surface area contributed by atoms with Gasteiger partial charge in [-0.3, -0.25) is 0 Å². The van der Waals surface area contributed by atoms with E-state index in [1.54, 1.807) is 0 Å². The zero-order valence-corrected chi connectivity index (χ0v) is 10.7. The molecule has 1 aliphatic carbocycles. The van der Waals surface area contributed by atoms with Gasteiger partial charge in [-0.15, -0.1) is 0 Å². The van der Waals surface area contributed by atoms with Crippen molar-refractivity contribution in [2.24, 2.45) is 11.7 Å². The van der Waals surface area contributed by atoms with Crippen molar-refractivity contribution in [2.75, 3.05) is 11.9 Å². The van der Waals surface area contributed by atoms with Crippen LogP contribution in [0.5, 0.6) is 0 Å². The number of nitrogens with one attached hydrogen (secondary N) is 1. The molecule has 1 aromatic rings. The summed E-state index contributed by atoms with van der Waals surface area (Å²) in [5.74, 6) is 1.48. The molecule has 0 radical (unpaired) electrons. The van der Waals surface area contributed by atoms with Crippen LogP contribution < -0.4 is 11.1 Å². The third-order valence-electron chi connectivity index (χ3n) is 3.42. The summed E-state index contributed by atoms with van der Waals surface area (Å²) in [6.07, 6.45) is 4.75. The molecule has 0 atom stereocenters. The van der Waals surface area contributed by atoms with E-state index in [0.717, 1.165) is 42.6 Å². The van der Waals surface area contributed by atoms with Crippen molar-refractivity contribution in [1.82, 2.24) is 9.97 Å². The van der Waals surface area contributed by atoms with Crippen molar-refractivity contribution < 1.29 is 0 Å². The first kappa shape index (κ1) is 12.3. The monoisotopic (exact) mass is 234 g/mol. The van der Waals surface area contributed by atoms with Gasteiger partial charge in [-0.2, -0.15) is 0 Å². The van der Waals surface area contributed by atoms with Crippen LogP contribution in [-0.4, -0.2) is 22.6 Å². The molecule has 4 heteroatoms. The minimum absolute atomic E-state index is 0.420. The van der Waals surface area contributed by atoms with Crippen LogP contribution in [0.2, 0.25) is 0 Å². The second-order valence-electron chi connectivity index (χ2n) is 5.14. The lowest BCUT2D eigenvalue weighted by molar-refractivity contribution is 0.338. The van der Waals surface area contributed by atoms with Gasteiger partial charge in [-0.25, -0.2) is 9.97 Å². The molecule has 1 aliphatic rings. The number of aryl methyl sites for hydroxylation is 2. The second-order valence-corrected chi connectivity index (χ2v) is 5.14. The Morgan fingerprint density at radius 2 is 1.76 bits per heavy atom. The smallest absolute Gasteiger partial charge is 0.223 e. The topological polar surface area (TPSA) is 63.8 Å². The van der Waals surface area contributed by atoms with Gasteiger partial charge >= 0.3 is 0 Å². The van der Waals surface area contributed by atoms with Gasteiger partial charge in [-0.05, 0) is 51.5 Å². The van der Waals surface area contributed by atoms with Gasteiger partial charge in [0.05, 0.1) is 0 Å². The SMILES string of the molecule is Cc1cc(C)nc(NCC2CCC(N)CC2)n1. The molecule has 1 aromatic heterocycles. The molecule has 0 saturated heterocycles. The molecule has 0 bridgehead atoms. The Bertz CT molecular complexity index is 349. The van der Waals surface area contributed by atoms with E-state index in [4.69, 9.17) is 5.73 Å². The highest BCUT2D eigenvalue weighted by molar-refractivity contribution is 5.27. The molecule has 0 aliphatic heterocycles. The molecule has 0 amide bonds. The van der Waals surface area contributed by atoms with Crippen molar-refractivity contribution in [2.45, 2.75) is 45.6 Å². The second kappa shape index (κ2) is 5.45. The number of hydrogen-bond acceptors (Lipinski definition) is 4. The van der Waals surface area contributed by atoms with Gasteiger partial charge < -0.3 is 11.1 Å². The molecule has 0 aromatic carbocycles. The zero-order valence-electron chi connectivity index (χ0n) is 10.7. The minimum Gasteiger partial charge on any atom is -0.354 e. The van der Waals surface area contributed by atoms with E-state index >= 15 is 0 Å². The van der Waals surface area contributed by atoms with Crippen LogP contribution in [0.1, 0.15) is 37.1 Å². The summed E-state index contributed by atoms with van der Waals surface area (Å²) in [5, 5.41) is 3.35. The number of nitrogens with two attached hydrogens (primary N) is 1. The molecule has 1 fully saturated rings. The summed E-state index contributed by atoms with van der Waals surface area (Å²) in [6, 6.07) is 2.41. The van der Waals surface area contributed by atoms with Crippen LogP contribution in [0.3, 0.4) is 0 Å². The molecule has 1 heterocycles. The number of hydrogen-bond donors (Lipinski definition) is 2. The summed E-state index contributed by atoms with van der Waals surface area (Å²) in [5.41, 5.74) is 7.94. The van der Waals surface area contributed by atoms with Crippen molar-refractivity contribution >= 4 is 5.95 Å². The standard InChI is InChI=1S/C13H22N4/c1-9-7-10(2)17-13(16-9)15-8-11-3-5-12(14)6-4-11/h7,11-12H,3-6,8,14H2,1-2H3,(H,15,16,17). The first-order valence-corrected chi connectivity index (χ1v) is 6.45. The molecular formula is C13H22N4. The van der Waals surface area contributed by atoms with Crippen LogP contribution in [0.15, 0.2) is 6.07 Å². The summed E-state index contributed by atoms with van der Waals surface area (Å²) >= 11 is 0. The Labute approximate surface area is 103 Å². The Kier molecular flexibility index (Phi) is 3.94. The maximum absolute atomic E-state index is 5.90. The van der Waals surface area contributed by atoms with Gasteiger partial charge in [0.1, 0.15) is 0 Å². The van der Waals surface area contributed by atoms with E-state index in [-0.39, 0.29) is 0 Å². The Balaban J connectivity index is 1.85. The fourth-order valence-electron chi connectivity index (χ4n) is 2.43. The first-order chi connectivity index (χ1) is 8.13. The predicted molar refractivity (Wildman–Crippen MR) is 69.9 cm³/mol. The molecule has 94 valence electrons. The van der Waals surface area contributed by atoms with E-state index in [1.807, 2.05) is 19.9 Å². The molecule has 4 nitrogen and oxygen atoms in total. The zero-order chi connectivity index (χ0) is 12.3. The van der Waals surface area contributed by atoms with Crippen LogP contribution in [0, 0.1) is 19.8 Å². The highest BCUT2D eigenvalue weighted by Crippen LogP contribution is 2.23. The van der Waals surface area contributed by atoms with Crippen LogP contribution >= 0.6 is 0 Å². The molecule has 2 rings (SSSR count). The Hall–Kier alpha value is -1.16. The fraction of sp³-hybridized carbons (Fsp3) is 0.692. The normalized spacial score (nSPS) is 24.6. The number of anilines is 1. The van der Waals surface area contributed by atoms with E-state index in [2.05, 4.69) is 15.3 Å². The third-order valence-corrected chi connectivity index (χ3v) is 3.42. The van der Waals surface area contributed by atoms with Gasteiger partial charge in [0.25, 0.3) is 0 Å². The summed E-state index contributed by atoms with van der Waals surface area (Å²) in [4.78, 5) is 8.77. The van der Waals surface area contributed by atoms with Crippen molar-refractivity contribution in [3.05, 3.63) is 17.5 Å². The lowest BCUT2D eigenvalue weighted by Crippen LogP contribution is -2.29. The highest BCUT2D eigenvalue weighted by Gasteiger charge is 2.18. The van der Waals surface area contributed by atoms with Gasteiger partial charge in [0.2, 0.25) is 5.95 Å². The molecule has 1 saturated carbocycles. The van der Waals surface area contributed by atoms with Gasteiger partial charge in [0, 0.05) is 24.0 Å². The maximum Gasteiger partial charge on any atom is 0.223 e. The first-order valence-electron chi connectivity index (χ1n) is 6.45. The number of rotatable bonds is 3. The quantitative estimate of drug-likeness (QED) is 0.840. The van der Waals surface area contributed by atoms with E-state index in [0.29, 0.717) is 6.04 Å². The largest absolute Gasteiger partial charge is 0.354 e. The fourth-order valence-corrected chi connectivity index (χ4v) is 2.43. The van der Waals surface area contributed by atoms with Crippen LogP contribution in [0.25, 0.3) is 0 Å². The highest BCUT2D eigenvalue weighted by atomic mass is 15.1. The lowest BCUT2D eigenvalue weighted by Gasteiger charge is -2.26. The summed E-state index contributed by atoms with van der Waals surface area (Å²) in [7, 11) is 0. The number of aromatic nitrogens is 2. The molecule has 3 N–H and O–H groups in total. The van der Waals surface area contributed by atoms with Crippen molar-refractivity contribution in [1.29, 1.82) is 0 Å². The molecule has 17 heavy (non-hydrogen) atoms.